The van der Waals surface area contributed by atoms with Crippen LogP contribution < -0.4 is 9.64 Å². The normalized spacial score (nSPS) is 13.9. The van der Waals surface area contributed by atoms with Gasteiger partial charge in [-0.05, 0) is 30.2 Å². The number of terminal acetylenes is 1. The molecule has 2 aromatic carbocycles. The lowest BCUT2D eigenvalue weighted by Gasteiger charge is -2.28. The topological polar surface area (TPSA) is 29.5 Å². The molecular formula is C19H12ClF4NO2. The molecule has 0 fully saturated rings. The summed E-state index contributed by atoms with van der Waals surface area (Å²) in [6, 6.07) is 5.60. The van der Waals surface area contributed by atoms with Crippen molar-refractivity contribution in [3.8, 4) is 23.8 Å². The second-order valence-electron chi connectivity index (χ2n) is 5.84. The Morgan fingerprint density at radius 2 is 1.96 bits per heavy atom. The highest BCUT2D eigenvalue weighted by Gasteiger charge is 2.33. The van der Waals surface area contributed by atoms with Crippen molar-refractivity contribution in [2.24, 2.45) is 0 Å². The van der Waals surface area contributed by atoms with Crippen molar-refractivity contribution in [2.45, 2.75) is 19.0 Å². The highest BCUT2D eigenvalue weighted by Crippen LogP contribution is 2.40. The van der Waals surface area contributed by atoms with Crippen LogP contribution in [-0.2, 0) is 17.4 Å². The molecule has 0 atom stereocenters. The summed E-state index contributed by atoms with van der Waals surface area (Å²) >= 11 is 5.78. The molecule has 27 heavy (non-hydrogen) atoms. The van der Waals surface area contributed by atoms with Crippen molar-refractivity contribution >= 4 is 23.2 Å². The number of fused-ring (bicyclic) bond motifs is 1. The number of ether oxygens (including phenoxy) is 1. The predicted molar refractivity (Wildman–Crippen MR) is 92.4 cm³/mol. The maximum Gasteiger partial charge on any atom is 0.416 e. The van der Waals surface area contributed by atoms with Gasteiger partial charge in [-0.15, -0.1) is 6.42 Å². The van der Waals surface area contributed by atoms with E-state index in [0.717, 1.165) is 5.56 Å². The minimum absolute atomic E-state index is 0.0602. The minimum Gasteiger partial charge on any atom is -0.453 e. The van der Waals surface area contributed by atoms with Crippen molar-refractivity contribution in [1.82, 2.24) is 0 Å². The van der Waals surface area contributed by atoms with Crippen LogP contribution in [0.5, 0.6) is 11.5 Å². The summed E-state index contributed by atoms with van der Waals surface area (Å²) in [5, 5.41) is -0.517. The molecule has 2 aromatic rings. The van der Waals surface area contributed by atoms with E-state index in [9.17, 15) is 22.4 Å². The number of nitrogens with zero attached hydrogens (tertiary/aromatic N) is 1. The Kier molecular flexibility index (Phi) is 5.03. The SMILES string of the molecule is C#CCN1C(=O)CCc2ccc(Oc3c(F)cc(C(F)(F)F)cc3Cl)cc21. The number of hydrogen-bond donors (Lipinski definition) is 0. The second kappa shape index (κ2) is 7.12. The molecule has 3 rings (SSSR count). The molecular weight excluding hydrogens is 386 g/mol. The summed E-state index contributed by atoms with van der Waals surface area (Å²) in [6.07, 6.45) is 1.40. The zero-order valence-electron chi connectivity index (χ0n) is 13.7. The van der Waals surface area contributed by atoms with Gasteiger partial charge in [0.25, 0.3) is 0 Å². The number of rotatable bonds is 3. The van der Waals surface area contributed by atoms with Gasteiger partial charge in [-0.2, -0.15) is 13.2 Å². The Hall–Kier alpha value is -2.72. The summed E-state index contributed by atoms with van der Waals surface area (Å²) in [6.45, 7) is 0.0602. The van der Waals surface area contributed by atoms with Crippen LogP contribution in [0.25, 0.3) is 0 Å². The van der Waals surface area contributed by atoms with Gasteiger partial charge < -0.3 is 9.64 Å². The van der Waals surface area contributed by atoms with Crippen molar-refractivity contribution in [2.75, 3.05) is 11.4 Å². The van der Waals surface area contributed by atoms with E-state index in [2.05, 4.69) is 5.92 Å². The van der Waals surface area contributed by atoms with Crippen LogP contribution in [-0.4, -0.2) is 12.5 Å². The monoisotopic (exact) mass is 397 g/mol. The Bertz CT molecular complexity index is 927. The van der Waals surface area contributed by atoms with Crippen LogP contribution in [0.15, 0.2) is 30.3 Å². The van der Waals surface area contributed by atoms with Gasteiger partial charge in [0.1, 0.15) is 5.75 Å². The number of carbonyl (C=O) groups is 1. The number of alkyl halides is 3. The van der Waals surface area contributed by atoms with Gasteiger partial charge in [-0.25, -0.2) is 4.39 Å². The van der Waals surface area contributed by atoms with Gasteiger partial charge in [0.15, 0.2) is 11.6 Å². The molecule has 0 saturated carbocycles. The van der Waals surface area contributed by atoms with E-state index in [0.29, 0.717) is 30.7 Å². The van der Waals surface area contributed by atoms with Gasteiger partial charge in [0, 0.05) is 12.5 Å². The molecule has 0 saturated heterocycles. The fraction of sp³-hybridized carbons (Fsp3) is 0.211. The fourth-order valence-electron chi connectivity index (χ4n) is 2.78. The van der Waals surface area contributed by atoms with E-state index < -0.39 is 28.3 Å². The standard InChI is InChI=1S/C19H12ClF4NO2/c1-2-7-25-16-10-13(5-3-11(16)4-6-17(25)26)27-18-14(20)8-12(9-15(18)21)19(22,23)24/h1,3,5,8-10H,4,6-7H2. The zero-order valence-corrected chi connectivity index (χ0v) is 14.5. The summed E-state index contributed by atoms with van der Waals surface area (Å²) in [7, 11) is 0. The summed E-state index contributed by atoms with van der Waals surface area (Å²) in [5.74, 6) is 0.575. The molecule has 1 aliphatic rings. The number of aryl methyl sites for hydroxylation is 1. The van der Waals surface area contributed by atoms with Gasteiger partial charge in [0.05, 0.1) is 22.8 Å². The number of carbonyl (C=O) groups excluding carboxylic acids is 1. The number of benzene rings is 2. The van der Waals surface area contributed by atoms with E-state index in [4.69, 9.17) is 22.8 Å². The second-order valence-corrected chi connectivity index (χ2v) is 6.25. The van der Waals surface area contributed by atoms with Crippen LogP contribution in [0.3, 0.4) is 0 Å². The lowest BCUT2D eigenvalue weighted by Crippen LogP contribution is -2.35. The van der Waals surface area contributed by atoms with Crippen LogP contribution in [0.4, 0.5) is 23.2 Å². The third-order valence-corrected chi connectivity index (χ3v) is 4.33. The maximum atomic E-state index is 14.1. The highest BCUT2D eigenvalue weighted by molar-refractivity contribution is 6.32. The third kappa shape index (κ3) is 3.86. The van der Waals surface area contributed by atoms with Crippen LogP contribution >= 0.6 is 11.6 Å². The van der Waals surface area contributed by atoms with Crippen molar-refractivity contribution in [3.05, 3.63) is 52.3 Å². The highest BCUT2D eigenvalue weighted by atomic mass is 35.5. The average Bonchev–Trinajstić information content (AvgIpc) is 2.59. The fourth-order valence-corrected chi connectivity index (χ4v) is 3.03. The molecule has 140 valence electrons. The molecule has 1 heterocycles. The summed E-state index contributed by atoms with van der Waals surface area (Å²) < 4.78 is 57.7. The third-order valence-electron chi connectivity index (χ3n) is 4.05. The molecule has 1 amide bonds. The molecule has 0 radical (unpaired) electrons. The molecule has 0 bridgehead atoms. The van der Waals surface area contributed by atoms with Gasteiger partial charge >= 0.3 is 6.18 Å². The average molecular weight is 398 g/mol. The smallest absolute Gasteiger partial charge is 0.416 e. The number of halogens is 5. The van der Waals surface area contributed by atoms with Gasteiger partial charge in [-0.3, -0.25) is 4.79 Å². The number of anilines is 1. The van der Waals surface area contributed by atoms with E-state index in [1.165, 1.54) is 17.0 Å². The number of hydrogen-bond acceptors (Lipinski definition) is 2. The van der Waals surface area contributed by atoms with Crippen molar-refractivity contribution in [3.63, 3.8) is 0 Å². The molecule has 8 heteroatoms. The van der Waals surface area contributed by atoms with Crippen LogP contribution in [0, 0.1) is 18.2 Å². The van der Waals surface area contributed by atoms with E-state index in [1.807, 2.05) is 0 Å². The van der Waals surface area contributed by atoms with E-state index >= 15 is 0 Å². The summed E-state index contributed by atoms with van der Waals surface area (Å²) in [5.41, 5.74) is 0.162. The van der Waals surface area contributed by atoms with Crippen LogP contribution in [0.1, 0.15) is 17.5 Å². The Morgan fingerprint density at radius 3 is 2.59 bits per heavy atom. The van der Waals surface area contributed by atoms with Crippen LogP contribution in [0.2, 0.25) is 5.02 Å². The Labute approximate surface area is 157 Å². The Balaban J connectivity index is 1.96. The lowest BCUT2D eigenvalue weighted by molar-refractivity contribution is -0.137. The predicted octanol–water partition coefficient (Wildman–Crippen LogP) is 5.20. The van der Waals surface area contributed by atoms with E-state index in [1.54, 1.807) is 6.07 Å². The molecule has 3 nitrogen and oxygen atoms in total. The zero-order chi connectivity index (χ0) is 19.8. The summed E-state index contributed by atoms with van der Waals surface area (Å²) in [4.78, 5) is 13.5. The first kappa shape index (κ1) is 19.1. The van der Waals surface area contributed by atoms with Crippen molar-refractivity contribution in [1.29, 1.82) is 0 Å². The molecule has 1 aliphatic heterocycles. The minimum atomic E-state index is -4.73. The lowest BCUT2D eigenvalue weighted by atomic mass is 10.0. The maximum absolute atomic E-state index is 14.1. The molecule has 0 spiro atoms. The Morgan fingerprint density at radius 1 is 1.22 bits per heavy atom. The molecule has 0 aromatic heterocycles. The largest absolute Gasteiger partial charge is 0.453 e. The van der Waals surface area contributed by atoms with E-state index in [-0.39, 0.29) is 18.2 Å². The molecule has 0 N–H and O–H groups in total. The molecule has 0 aliphatic carbocycles. The quantitative estimate of drug-likeness (QED) is 0.526. The first-order valence-electron chi connectivity index (χ1n) is 7.81. The first-order valence-corrected chi connectivity index (χ1v) is 8.19. The van der Waals surface area contributed by atoms with Gasteiger partial charge in [-0.1, -0.05) is 23.6 Å². The van der Waals surface area contributed by atoms with Gasteiger partial charge in [0.2, 0.25) is 5.91 Å². The number of amides is 1. The molecule has 0 unspecified atom stereocenters. The van der Waals surface area contributed by atoms with Crippen molar-refractivity contribution < 1.29 is 27.1 Å². The first-order chi connectivity index (χ1) is 12.7.